The van der Waals surface area contributed by atoms with E-state index in [0.29, 0.717) is 12.9 Å². The van der Waals surface area contributed by atoms with Crippen LogP contribution >= 0.6 is 0 Å². The van der Waals surface area contributed by atoms with E-state index >= 15 is 0 Å². The lowest BCUT2D eigenvalue weighted by molar-refractivity contribution is -0.140. The zero-order chi connectivity index (χ0) is 9.73. The van der Waals surface area contributed by atoms with Crippen molar-refractivity contribution in [1.82, 2.24) is 4.98 Å². The van der Waals surface area contributed by atoms with Crippen LogP contribution in [0.5, 0.6) is 0 Å². The first-order chi connectivity index (χ1) is 6.14. The molecular weight excluding hydrogens is 166 g/mol. The number of nitrogens with zero attached hydrogens (tertiary/aromatic N) is 1. The van der Waals surface area contributed by atoms with Crippen molar-refractivity contribution in [3.63, 3.8) is 0 Å². The Hall–Kier alpha value is -1.38. The molecule has 0 N–H and O–H groups in total. The number of hydrogen-bond donors (Lipinski definition) is 0. The molecule has 0 atom stereocenters. The molecule has 1 rings (SSSR count). The summed E-state index contributed by atoms with van der Waals surface area (Å²) in [6, 6.07) is 5.69. The normalized spacial score (nSPS) is 10.9. The first kappa shape index (κ1) is 9.71. The van der Waals surface area contributed by atoms with E-state index < -0.39 is 5.60 Å². The van der Waals surface area contributed by atoms with Gasteiger partial charge in [-0.15, -0.1) is 0 Å². The molecule has 0 saturated heterocycles. The summed E-state index contributed by atoms with van der Waals surface area (Å²) in [6.45, 7) is 4.19. The predicted molar refractivity (Wildman–Crippen MR) is 49.2 cm³/mol. The summed E-state index contributed by atoms with van der Waals surface area (Å²) in [4.78, 5) is 14.3. The predicted octanol–water partition coefficient (Wildman–Crippen LogP) is 1.58. The molecule has 0 bridgehead atoms. The van der Waals surface area contributed by atoms with Crippen molar-refractivity contribution < 1.29 is 9.53 Å². The van der Waals surface area contributed by atoms with Crippen LogP contribution in [0, 0.1) is 0 Å². The Morgan fingerprint density at radius 1 is 1.54 bits per heavy atom. The van der Waals surface area contributed by atoms with Crippen LogP contribution in [0.1, 0.15) is 19.5 Å². The molecule has 1 aromatic rings. The van der Waals surface area contributed by atoms with Gasteiger partial charge in [0, 0.05) is 18.3 Å². The molecule has 0 aliphatic heterocycles. The first-order valence-corrected chi connectivity index (χ1v) is 4.15. The Morgan fingerprint density at radius 3 is 2.85 bits per heavy atom. The Bertz CT molecular complexity index is 270. The minimum absolute atomic E-state index is 0.475. The molecule has 0 unspecified atom stereocenters. The third-order valence-corrected chi connectivity index (χ3v) is 1.70. The maximum absolute atomic E-state index is 10.2. The second kappa shape index (κ2) is 4.03. The lowest BCUT2D eigenvalue weighted by Gasteiger charge is -2.21. The topological polar surface area (TPSA) is 39.2 Å². The molecule has 0 saturated carbocycles. The van der Waals surface area contributed by atoms with Crippen LogP contribution < -0.4 is 0 Å². The van der Waals surface area contributed by atoms with Gasteiger partial charge < -0.3 is 4.74 Å². The molecule has 3 heteroatoms. The third-order valence-electron chi connectivity index (χ3n) is 1.70. The van der Waals surface area contributed by atoms with E-state index in [9.17, 15) is 4.79 Å². The van der Waals surface area contributed by atoms with E-state index in [1.165, 1.54) is 0 Å². The number of pyridine rings is 1. The Balaban J connectivity index is 2.63. The maximum atomic E-state index is 10.2. The largest absolute Gasteiger partial charge is 0.461 e. The van der Waals surface area contributed by atoms with Crippen molar-refractivity contribution in [3.05, 3.63) is 30.1 Å². The van der Waals surface area contributed by atoms with Gasteiger partial charge in [0.1, 0.15) is 5.60 Å². The summed E-state index contributed by atoms with van der Waals surface area (Å²) in [5, 5.41) is 0. The molecule has 13 heavy (non-hydrogen) atoms. The van der Waals surface area contributed by atoms with Crippen molar-refractivity contribution >= 4 is 6.47 Å². The third kappa shape index (κ3) is 3.23. The second-order valence-electron chi connectivity index (χ2n) is 3.47. The number of aromatic nitrogens is 1. The van der Waals surface area contributed by atoms with Crippen molar-refractivity contribution in [2.24, 2.45) is 0 Å². The summed E-state index contributed by atoms with van der Waals surface area (Å²) < 4.78 is 4.91. The Labute approximate surface area is 77.8 Å². The van der Waals surface area contributed by atoms with Gasteiger partial charge in [0.05, 0.1) is 0 Å². The molecule has 3 nitrogen and oxygen atoms in total. The average Bonchev–Trinajstić information content (AvgIpc) is 2.04. The highest BCUT2D eigenvalue weighted by Gasteiger charge is 2.19. The quantitative estimate of drug-likeness (QED) is 0.659. The summed E-state index contributed by atoms with van der Waals surface area (Å²) in [6.07, 6.45) is 2.36. The number of carbonyl (C=O) groups excluding carboxylic acids is 1. The molecule has 0 radical (unpaired) electrons. The summed E-state index contributed by atoms with van der Waals surface area (Å²) in [5.41, 5.74) is 0.449. The molecule has 1 heterocycles. The van der Waals surface area contributed by atoms with Gasteiger partial charge in [-0.1, -0.05) is 6.07 Å². The van der Waals surface area contributed by atoms with E-state index in [4.69, 9.17) is 4.74 Å². The lowest BCUT2D eigenvalue weighted by atomic mass is 10.0. The van der Waals surface area contributed by atoms with E-state index in [0.717, 1.165) is 5.69 Å². The number of hydrogen-bond acceptors (Lipinski definition) is 3. The standard InChI is InChI=1S/C10H13NO2/c1-10(2,13-8-12)7-9-5-3-4-6-11-9/h3-6,8H,7H2,1-2H3. The molecule has 1 aromatic heterocycles. The van der Waals surface area contributed by atoms with Crippen molar-refractivity contribution in [3.8, 4) is 0 Å². The van der Waals surface area contributed by atoms with Crippen LogP contribution in [-0.4, -0.2) is 17.1 Å². The van der Waals surface area contributed by atoms with E-state index in [1.807, 2.05) is 32.0 Å². The van der Waals surface area contributed by atoms with Crippen molar-refractivity contribution in [2.45, 2.75) is 25.9 Å². The summed E-state index contributed by atoms with van der Waals surface area (Å²) in [7, 11) is 0. The van der Waals surface area contributed by atoms with Gasteiger partial charge in [-0.3, -0.25) is 9.78 Å². The van der Waals surface area contributed by atoms with Crippen molar-refractivity contribution in [2.75, 3.05) is 0 Å². The molecular formula is C10H13NO2. The molecule has 70 valence electrons. The fraction of sp³-hybridized carbons (Fsp3) is 0.400. The Kier molecular flexibility index (Phi) is 3.01. The minimum Gasteiger partial charge on any atom is -0.461 e. The maximum Gasteiger partial charge on any atom is 0.293 e. The molecule has 0 aromatic carbocycles. The highest BCUT2D eigenvalue weighted by atomic mass is 16.5. The van der Waals surface area contributed by atoms with E-state index in [1.54, 1.807) is 6.20 Å². The monoisotopic (exact) mass is 179 g/mol. The fourth-order valence-corrected chi connectivity index (χ4v) is 1.11. The van der Waals surface area contributed by atoms with Crippen LogP contribution in [0.25, 0.3) is 0 Å². The van der Waals surface area contributed by atoms with E-state index in [2.05, 4.69) is 4.98 Å². The van der Waals surface area contributed by atoms with E-state index in [-0.39, 0.29) is 0 Å². The Morgan fingerprint density at radius 2 is 2.31 bits per heavy atom. The molecule has 0 aliphatic rings. The SMILES string of the molecule is CC(C)(Cc1ccccn1)OC=O. The summed E-state index contributed by atoms with van der Waals surface area (Å²) >= 11 is 0. The van der Waals surface area contributed by atoms with Gasteiger partial charge in [0.25, 0.3) is 6.47 Å². The fourth-order valence-electron chi connectivity index (χ4n) is 1.11. The van der Waals surface area contributed by atoms with Gasteiger partial charge in [-0.2, -0.15) is 0 Å². The molecule has 0 amide bonds. The zero-order valence-electron chi connectivity index (χ0n) is 7.86. The van der Waals surface area contributed by atoms with Gasteiger partial charge in [-0.05, 0) is 26.0 Å². The van der Waals surface area contributed by atoms with Gasteiger partial charge in [0.2, 0.25) is 0 Å². The van der Waals surface area contributed by atoms with Crippen LogP contribution in [0.2, 0.25) is 0 Å². The average molecular weight is 179 g/mol. The van der Waals surface area contributed by atoms with Gasteiger partial charge in [-0.25, -0.2) is 0 Å². The smallest absolute Gasteiger partial charge is 0.293 e. The second-order valence-corrected chi connectivity index (χ2v) is 3.47. The number of rotatable bonds is 4. The van der Waals surface area contributed by atoms with Gasteiger partial charge >= 0.3 is 0 Å². The molecule has 0 fully saturated rings. The molecule has 0 spiro atoms. The number of ether oxygens (including phenoxy) is 1. The lowest BCUT2D eigenvalue weighted by Crippen LogP contribution is -2.27. The van der Waals surface area contributed by atoms with Crippen LogP contribution in [-0.2, 0) is 16.0 Å². The van der Waals surface area contributed by atoms with Crippen LogP contribution in [0.4, 0.5) is 0 Å². The highest BCUT2D eigenvalue weighted by Crippen LogP contribution is 2.13. The first-order valence-electron chi connectivity index (χ1n) is 4.15. The van der Waals surface area contributed by atoms with Crippen LogP contribution in [0.3, 0.4) is 0 Å². The number of carbonyl (C=O) groups is 1. The minimum atomic E-state index is -0.476. The van der Waals surface area contributed by atoms with Gasteiger partial charge in [0.15, 0.2) is 0 Å². The highest BCUT2D eigenvalue weighted by molar-refractivity contribution is 5.38. The van der Waals surface area contributed by atoms with Crippen LogP contribution in [0.15, 0.2) is 24.4 Å². The molecule has 0 aliphatic carbocycles. The van der Waals surface area contributed by atoms with Crippen molar-refractivity contribution in [1.29, 1.82) is 0 Å². The zero-order valence-corrected chi connectivity index (χ0v) is 7.86. The summed E-state index contributed by atoms with van der Waals surface area (Å²) in [5.74, 6) is 0.